The summed E-state index contributed by atoms with van der Waals surface area (Å²) in [5.41, 5.74) is 2.36. The SMILES string of the molecule is CN=C(NCc1ccc(S(C)(=O)=O)cc1)NC(C)c1ccc(C)c(F)c1.I. The molecule has 2 N–H and O–H groups in total. The van der Waals surface area contributed by atoms with Crippen LogP contribution in [-0.4, -0.2) is 27.7 Å². The Morgan fingerprint density at radius 1 is 1.19 bits per heavy atom. The average Bonchev–Trinajstić information content (AvgIpc) is 2.60. The summed E-state index contributed by atoms with van der Waals surface area (Å²) in [6, 6.07) is 11.7. The number of halogens is 2. The van der Waals surface area contributed by atoms with Crippen LogP contribution in [0.5, 0.6) is 0 Å². The van der Waals surface area contributed by atoms with Gasteiger partial charge in [0.05, 0.1) is 10.9 Å². The molecule has 148 valence electrons. The summed E-state index contributed by atoms with van der Waals surface area (Å²) in [6.45, 7) is 4.14. The summed E-state index contributed by atoms with van der Waals surface area (Å²) in [5, 5.41) is 6.38. The van der Waals surface area contributed by atoms with Crippen LogP contribution < -0.4 is 10.6 Å². The highest BCUT2D eigenvalue weighted by Gasteiger charge is 2.10. The first-order chi connectivity index (χ1) is 12.2. The van der Waals surface area contributed by atoms with Gasteiger partial charge >= 0.3 is 0 Å². The van der Waals surface area contributed by atoms with Crippen LogP contribution in [0.2, 0.25) is 0 Å². The van der Waals surface area contributed by atoms with Crippen molar-refractivity contribution >= 4 is 39.8 Å². The van der Waals surface area contributed by atoms with Crippen molar-refractivity contribution in [2.24, 2.45) is 4.99 Å². The third-order valence-electron chi connectivity index (χ3n) is 4.08. The molecule has 2 aromatic rings. The predicted molar refractivity (Wildman–Crippen MR) is 118 cm³/mol. The molecule has 1 unspecified atom stereocenters. The molecule has 5 nitrogen and oxygen atoms in total. The van der Waals surface area contributed by atoms with Crippen molar-refractivity contribution in [3.63, 3.8) is 0 Å². The molecule has 2 aromatic carbocycles. The van der Waals surface area contributed by atoms with Gasteiger partial charge in [0.2, 0.25) is 0 Å². The smallest absolute Gasteiger partial charge is 0.191 e. The van der Waals surface area contributed by atoms with Crippen LogP contribution in [0, 0.1) is 12.7 Å². The molecule has 0 aliphatic carbocycles. The molecule has 0 aromatic heterocycles. The molecule has 2 rings (SSSR count). The van der Waals surface area contributed by atoms with E-state index in [0.717, 1.165) is 11.1 Å². The summed E-state index contributed by atoms with van der Waals surface area (Å²) in [4.78, 5) is 4.46. The second-order valence-corrected chi connectivity index (χ2v) is 8.23. The van der Waals surface area contributed by atoms with E-state index in [0.29, 0.717) is 23.0 Å². The molecule has 0 amide bonds. The molecule has 0 heterocycles. The Bertz CT molecular complexity index is 900. The van der Waals surface area contributed by atoms with Gasteiger partial charge in [-0.1, -0.05) is 24.3 Å². The first-order valence-corrected chi connectivity index (χ1v) is 10.1. The second-order valence-electron chi connectivity index (χ2n) is 6.22. The van der Waals surface area contributed by atoms with Gasteiger partial charge in [-0.2, -0.15) is 0 Å². The van der Waals surface area contributed by atoms with Gasteiger partial charge in [-0.05, 0) is 48.7 Å². The summed E-state index contributed by atoms with van der Waals surface area (Å²) in [6.07, 6.45) is 1.18. The molecule has 8 heteroatoms. The minimum atomic E-state index is -3.20. The van der Waals surface area contributed by atoms with Gasteiger partial charge in [-0.25, -0.2) is 12.8 Å². The lowest BCUT2D eigenvalue weighted by Gasteiger charge is -2.19. The Labute approximate surface area is 177 Å². The molecule has 1 atom stereocenters. The Hall–Kier alpha value is -1.68. The fourth-order valence-corrected chi connectivity index (χ4v) is 3.03. The van der Waals surface area contributed by atoms with Gasteiger partial charge in [-0.3, -0.25) is 4.99 Å². The maximum absolute atomic E-state index is 13.7. The van der Waals surface area contributed by atoms with Gasteiger partial charge in [0, 0.05) is 19.8 Å². The molecule has 0 saturated carbocycles. The van der Waals surface area contributed by atoms with E-state index in [9.17, 15) is 12.8 Å². The predicted octanol–water partition coefficient (Wildman–Crippen LogP) is 3.58. The van der Waals surface area contributed by atoms with Crippen molar-refractivity contribution in [2.75, 3.05) is 13.3 Å². The van der Waals surface area contributed by atoms with Gasteiger partial charge in [0.15, 0.2) is 15.8 Å². The third kappa shape index (κ3) is 6.76. The van der Waals surface area contributed by atoms with Crippen LogP contribution in [-0.2, 0) is 16.4 Å². The standard InChI is InChI=1S/C19H24FN3O2S.HI/c1-13-5-8-16(11-18(13)20)14(2)23-19(21-3)22-12-15-6-9-17(10-7-15)26(4,24)25;/h5-11,14H,12H2,1-4H3,(H2,21,22,23);1H. The Balaban J connectivity index is 0.00000364. The number of sulfone groups is 1. The molecule has 0 fully saturated rings. The fourth-order valence-electron chi connectivity index (χ4n) is 2.40. The summed E-state index contributed by atoms with van der Waals surface area (Å²) >= 11 is 0. The van der Waals surface area contributed by atoms with Crippen LogP contribution in [0.15, 0.2) is 52.4 Å². The van der Waals surface area contributed by atoms with Crippen LogP contribution in [0.3, 0.4) is 0 Å². The number of hydrogen-bond donors (Lipinski definition) is 2. The van der Waals surface area contributed by atoms with Gasteiger partial charge in [0.25, 0.3) is 0 Å². The average molecular weight is 505 g/mol. The zero-order chi connectivity index (χ0) is 19.3. The number of guanidine groups is 1. The lowest BCUT2D eigenvalue weighted by atomic mass is 10.1. The van der Waals surface area contributed by atoms with Crippen molar-refractivity contribution in [2.45, 2.75) is 31.3 Å². The Kier molecular flexibility index (Phi) is 8.67. The maximum Gasteiger partial charge on any atom is 0.191 e. The molecule has 0 spiro atoms. The Morgan fingerprint density at radius 3 is 2.33 bits per heavy atom. The number of hydrogen-bond acceptors (Lipinski definition) is 3. The highest BCUT2D eigenvalue weighted by Crippen LogP contribution is 2.16. The van der Waals surface area contributed by atoms with Crippen LogP contribution in [0.4, 0.5) is 4.39 Å². The molecule has 0 aliphatic heterocycles. The van der Waals surface area contributed by atoms with Crippen molar-refractivity contribution in [3.8, 4) is 0 Å². The van der Waals surface area contributed by atoms with Crippen molar-refractivity contribution < 1.29 is 12.8 Å². The molecule has 0 radical (unpaired) electrons. The summed E-state index contributed by atoms with van der Waals surface area (Å²) in [5.74, 6) is 0.343. The topological polar surface area (TPSA) is 70.6 Å². The number of aliphatic imine (C=N–C) groups is 1. The van der Waals surface area contributed by atoms with E-state index in [-0.39, 0.29) is 35.8 Å². The second kappa shape index (κ2) is 10.0. The van der Waals surface area contributed by atoms with Crippen molar-refractivity contribution in [3.05, 3.63) is 65.0 Å². The van der Waals surface area contributed by atoms with Crippen LogP contribution >= 0.6 is 24.0 Å². The highest BCUT2D eigenvalue weighted by atomic mass is 127. The van der Waals surface area contributed by atoms with E-state index in [1.54, 1.807) is 44.3 Å². The molecular weight excluding hydrogens is 480 g/mol. The van der Waals surface area contributed by atoms with E-state index in [1.807, 2.05) is 13.0 Å². The number of rotatable bonds is 5. The van der Waals surface area contributed by atoms with E-state index in [1.165, 1.54) is 12.3 Å². The van der Waals surface area contributed by atoms with Crippen molar-refractivity contribution in [1.29, 1.82) is 0 Å². The quantitative estimate of drug-likeness (QED) is 0.371. The number of aryl methyl sites for hydroxylation is 1. The molecule has 27 heavy (non-hydrogen) atoms. The normalized spacial score (nSPS) is 12.9. The highest BCUT2D eigenvalue weighted by molar-refractivity contribution is 14.0. The fraction of sp³-hybridized carbons (Fsp3) is 0.316. The molecule has 0 bridgehead atoms. The summed E-state index contributed by atoms with van der Waals surface area (Å²) in [7, 11) is -1.54. The molecule has 0 saturated heterocycles. The number of nitrogens with one attached hydrogen (secondary N) is 2. The lowest BCUT2D eigenvalue weighted by molar-refractivity contribution is 0.602. The van der Waals surface area contributed by atoms with Crippen LogP contribution in [0.25, 0.3) is 0 Å². The largest absolute Gasteiger partial charge is 0.352 e. The first-order valence-electron chi connectivity index (χ1n) is 8.23. The zero-order valence-corrected chi connectivity index (χ0v) is 18.9. The Morgan fingerprint density at radius 2 is 1.81 bits per heavy atom. The minimum Gasteiger partial charge on any atom is -0.352 e. The third-order valence-corrected chi connectivity index (χ3v) is 5.21. The van der Waals surface area contributed by atoms with Gasteiger partial charge < -0.3 is 10.6 Å². The van der Waals surface area contributed by atoms with E-state index in [4.69, 9.17) is 0 Å². The van der Waals surface area contributed by atoms with E-state index in [2.05, 4.69) is 15.6 Å². The van der Waals surface area contributed by atoms with Crippen LogP contribution in [0.1, 0.15) is 29.7 Å². The lowest BCUT2D eigenvalue weighted by Crippen LogP contribution is -2.38. The van der Waals surface area contributed by atoms with Gasteiger partial charge in [-0.15, -0.1) is 24.0 Å². The number of nitrogens with zero attached hydrogens (tertiary/aromatic N) is 1. The molecule has 0 aliphatic rings. The van der Waals surface area contributed by atoms with Gasteiger partial charge in [0.1, 0.15) is 5.82 Å². The molecular formula is C19H25FIN3O2S. The minimum absolute atomic E-state index is 0. The van der Waals surface area contributed by atoms with E-state index >= 15 is 0 Å². The summed E-state index contributed by atoms with van der Waals surface area (Å²) < 4.78 is 36.7. The monoisotopic (exact) mass is 505 g/mol. The van der Waals surface area contributed by atoms with Crippen molar-refractivity contribution in [1.82, 2.24) is 10.6 Å². The zero-order valence-electron chi connectivity index (χ0n) is 15.8. The number of benzene rings is 2. The van der Waals surface area contributed by atoms with E-state index < -0.39 is 9.84 Å². The first kappa shape index (κ1) is 23.4. The maximum atomic E-state index is 13.7.